The minimum Gasteiger partial charge on any atom is -0.454 e. The second-order valence-corrected chi connectivity index (χ2v) is 5.84. The maximum atomic E-state index is 13.7. The number of nitrogens with two attached hydrogens (primary N) is 1. The molecular formula is C19H14F3N3O3. The maximum Gasteiger partial charge on any atom is 0.344 e. The van der Waals surface area contributed by atoms with Gasteiger partial charge in [-0.3, -0.25) is 9.48 Å². The van der Waals surface area contributed by atoms with E-state index < -0.39 is 41.4 Å². The summed E-state index contributed by atoms with van der Waals surface area (Å²) in [6.07, 6.45) is 0. The Hall–Kier alpha value is -3.62. The van der Waals surface area contributed by atoms with Gasteiger partial charge in [0.1, 0.15) is 34.5 Å². The van der Waals surface area contributed by atoms with Crippen LogP contribution in [0.4, 0.5) is 19.0 Å². The molecule has 28 heavy (non-hydrogen) atoms. The first-order valence-electron chi connectivity index (χ1n) is 8.02. The maximum absolute atomic E-state index is 13.7. The molecule has 0 bridgehead atoms. The number of benzene rings is 2. The van der Waals surface area contributed by atoms with Crippen molar-refractivity contribution < 1.29 is 27.5 Å². The van der Waals surface area contributed by atoms with Gasteiger partial charge >= 0.3 is 5.97 Å². The number of nitrogens with zero attached hydrogens (tertiary/aromatic N) is 2. The lowest BCUT2D eigenvalue weighted by Gasteiger charge is -2.07. The molecule has 2 aromatic carbocycles. The lowest BCUT2D eigenvalue weighted by Crippen LogP contribution is -2.17. The monoisotopic (exact) mass is 389 g/mol. The van der Waals surface area contributed by atoms with Crippen LogP contribution in [0.3, 0.4) is 0 Å². The van der Waals surface area contributed by atoms with Gasteiger partial charge in [-0.2, -0.15) is 5.10 Å². The van der Waals surface area contributed by atoms with Crippen molar-refractivity contribution in [2.75, 3.05) is 12.3 Å². The molecule has 0 aliphatic rings. The van der Waals surface area contributed by atoms with E-state index in [1.165, 1.54) is 36.0 Å². The van der Waals surface area contributed by atoms with Gasteiger partial charge < -0.3 is 10.5 Å². The van der Waals surface area contributed by atoms with Gasteiger partial charge in [-0.15, -0.1) is 0 Å². The third-order valence-electron chi connectivity index (χ3n) is 3.99. The Balaban J connectivity index is 1.85. The van der Waals surface area contributed by atoms with Gasteiger partial charge in [0.2, 0.25) is 5.78 Å². The molecule has 0 saturated heterocycles. The van der Waals surface area contributed by atoms with E-state index in [2.05, 4.69) is 5.10 Å². The molecule has 9 heteroatoms. The number of hydrogen-bond acceptors (Lipinski definition) is 5. The molecule has 144 valence electrons. The van der Waals surface area contributed by atoms with Crippen LogP contribution in [0.5, 0.6) is 0 Å². The summed E-state index contributed by atoms with van der Waals surface area (Å²) < 4.78 is 46.6. The normalized spacial score (nSPS) is 10.7. The predicted octanol–water partition coefficient (Wildman–Crippen LogP) is 3.13. The smallest absolute Gasteiger partial charge is 0.344 e. The van der Waals surface area contributed by atoms with Crippen molar-refractivity contribution in [1.82, 2.24) is 9.78 Å². The lowest BCUT2D eigenvalue weighted by molar-refractivity contribution is 0.0474. The van der Waals surface area contributed by atoms with E-state index in [9.17, 15) is 22.8 Å². The van der Waals surface area contributed by atoms with Crippen LogP contribution in [0, 0.1) is 17.5 Å². The summed E-state index contributed by atoms with van der Waals surface area (Å²) in [6.45, 7) is -0.895. The number of carbonyl (C=O) groups excluding carboxylic acids is 2. The van der Waals surface area contributed by atoms with Gasteiger partial charge in [-0.25, -0.2) is 18.0 Å². The number of rotatable bonds is 5. The summed E-state index contributed by atoms with van der Waals surface area (Å²) in [5.41, 5.74) is 5.43. The number of esters is 1. The molecular weight excluding hydrogens is 375 g/mol. The average Bonchev–Trinajstić information content (AvgIpc) is 2.95. The molecule has 0 fully saturated rings. The van der Waals surface area contributed by atoms with Crippen molar-refractivity contribution in [3.05, 3.63) is 71.0 Å². The minimum atomic E-state index is -1.06. The Bertz CT molecular complexity index is 1040. The quantitative estimate of drug-likeness (QED) is 0.535. The Morgan fingerprint density at radius 1 is 1.04 bits per heavy atom. The zero-order valence-electron chi connectivity index (χ0n) is 14.6. The van der Waals surface area contributed by atoms with Crippen LogP contribution in [0.2, 0.25) is 0 Å². The molecule has 3 aromatic rings. The highest BCUT2D eigenvalue weighted by Crippen LogP contribution is 2.27. The minimum absolute atomic E-state index is 0.0474. The van der Waals surface area contributed by atoms with Crippen molar-refractivity contribution in [3.8, 4) is 11.3 Å². The van der Waals surface area contributed by atoms with Crippen LogP contribution in [0.15, 0.2) is 42.5 Å². The van der Waals surface area contributed by atoms with Gasteiger partial charge in [0.15, 0.2) is 6.61 Å². The summed E-state index contributed by atoms with van der Waals surface area (Å²) >= 11 is 0. The van der Waals surface area contributed by atoms with E-state index in [-0.39, 0.29) is 17.1 Å². The molecule has 0 amide bonds. The van der Waals surface area contributed by atoms with E-state index in [0.29, 0.717) is 5.56 Å². The fourth-order valence-electron chi connectivity index (χ4n) is 2.59. The number of carbonyl (C=O) groups is 2. The van der Waals surface area contributed by atoms with Crippen LogP contribution in [0.25, 0.3) is 11.3 Å². The number of hydrogen-bond donors (Lipinski definition) is 1. The molecule has 0 spiro atoms. The Labute approximate surface area is 157 Å². The fourth-order valence-corrected chi connectivity index (χ4v) is 2.59. The number of ketones is 1. The zero-order chi connectivity index (χ0) is 20.4. The Morgan fingerprint density at radius 2 is 1.64 bits per heavy atom. The van der Waals surface area contributed by atoms with Crippen LogP contribution >= 0.6 is 0 Å². The molecule has 0 aliphatic carbocycles. The molecule has 0 saturated carbocycles. The zero-order valence-corrected chi connectivity index (χ0v) is 14.6. The number of aromatic nitrogens is 2. The highest BCUT2D eigenvalue weighted by molar-refractivity contribution is 6.03. The summed E-state index contributed by atoms with van der Waals surface area (Å²) in [7, 11) is 1.49. The van der Waals surface area contributed by atoms with Crippen LogP contribution in [-0.4, -0.2) is 28.1 Å². The van der Waals surface area contributed by atoms with E-state index in [1.54, 1.807) is 0 Å². The second kappa shape index (κ2) is 7.55. The first-order valence-corrected chi connectivity index (χ1v) is 8.02. The first kappa shape index (κ1) is 19.2. The molecule has 6 nitrogen and oxygen atoms in total. The van der Waals surface area contributed by atoms with Crippen molar-refractivity contribution in [2.24, 2.45) is 7.05 Å². The summed E-state index contributed by atoms with van der Waals surface area (Å²) in [5, 5.41) is 4.11. The van der Waals surface area contributed by atoms with Gasteiger partial charge in [0.05, 0.1) is 5.56 Å². The van der Waals surface area contributed by atoms with Crippen molar-refractivity contribution in [2.45, 2.75) is 0 Å². The summed E-state index contributed by atoms with van der Waals surface area (Å²) in [5.74, 6) is -4.70. The highest BCUT2D eigenvalue weighted by atomic mass is 19.1. The standard InChI is InChI=1S/C19H14F3N3O3/c1-25-18(23)16(17(24-25)10-5-7-11(20)8-6-10)19(27)28-9-14(26)15-12(21)3-2-4-13(15)22/h2-8H,9,23H2,1H3. The third-order valence-corrected chi connectivity index (χ3v) is 3.99. The van der Waals surface area contributed by atoms with E-state index in [1.807, 2.05) is 0 Å². The molecule has 0 aliphatic heterocycles. The average molecular weight is 389 g/mol. The highest BCUT2D eigenvalue weighted by Gasteiger charge is 2.25. The molecule has 2 N–H and O–H groups in total. The number of halogens is 3. The number of Topliss-reactive ketones (excluding diaryl/α,β-unsaturated/α-hetero) is 1. The molecule has 1 aromatic heterocycles. The largest absolute Gasteiger partial charge is 0.454 e. The van der Waals surface area contributed by atoms with Crippen LogP contribution < -0.4 is 5.73 Å². The van der Waals surface area contributed by atoms with Gasteiger partial charge in [-0.05, 0) is 36.4 Å². The van der Waals surface area contributed by atoms with E-state index in [4.69, 9.17) is 10.5 Å². The molecule has 3 rings (SSSR count). The Morgan fingerprint density at radius 3 is 2.25 bits per heavy atom. The number of anilines is 1. The fraction of sp³-hybridized carbons (Fsp3) is 0.105. The van der Waals surface area contributed by atoms with Crippen LogP contribution in [0.1, 0.15) is 20.7 Å². The van der Waals surface area contributed by atoms with E-state index >= 15 is 0 Å². The topological polar surface area (TPSA) is 87.2 Å². The van der Waals surface area contributed by atoms with Crippen molar-refractivity contribution in [3.63, 3.8) is 0 Å². The molecule has 0 atom stereocenters. The lowest BCUT2D eigenvalue weighted by atomic mass is 10.1. The molecule has 1 heterocycles. The van der Waals surface area contributed by atoms with E-state index in [0.717, 1.165) is 18.2 Å². The Kier molecular flexibility index (Phi) is 5.16. The van der Waals surface area contributed by atoms with Crippen LogP contribution in [-0.2, 0) is 11.8 Å². The predicted molar refractivity (Wildman–Crippen MR) is 94.0 cm³/mol. The molecule has 0 unspecified atom stereocenters. The summed E-state index contributed by atoms with van der Waals surface area (Å²) in [4.78, 5) is 24.5. The third kappa shape index (κ3) is 3.59. The number of nitrogen functional groups attached to an aromatic ring is 1. The SMILES string of the molecule is Cn1nc(-c2ccc(F)cc2)c(C(=O)OCC(=O)c2c(F)cccc2F)c1N. The van der Waals surface area contributed by atoms with Crippen molar-refractivity contribution in [1.29, 1.82) is 0 Å². The number of ether oxygens (including phenoxy) is 1. The van der Waals surface area contributed by atoms with Gasteiger partial charge in [0.25, 0.3) is 0 Å². The van der Waals surface area contributed by atoms with Gasteiger partial charge in [-0.1, -0.05) is 6.07 Å². The van der Waals surface area contributed by atoms with Crippen molar-refractivity contribution >= 4 is 17.6 Å². The van der Waals surface area contributed by atoms with Gasteiger partial charge in [0, 0.05) is 12.6 Å². The first-order chi connectivity index (χ1) is 13.3. The molecule has 0 radical (unpaired) electrons. The summed E-state index contributed by atoms with van der Waals surface area (Å²) in [6, 6.07) is 8.10. The second-order valence-electron chi connectivity index (χ2n) is 5.84. The number of aryl methyl sites for hydroxylation is 1.